The van der Waals surface area contributed by atoms with Crippen molar-refractivity contribution < 1.29 is 31.9 Å². The maximum Gasteiger partial charge on any atom is 0.232 e. The number of imide groups is 1. The number of terminal acetylenes is 1. The number of benzene rings is 3. The first kappa shape index (κ1) is 30.3. The second-order valence-electron chi connectivity index (χ2n) is 11.4. The van der Waals surface area contributed by atoms with Gasteiger partial charge in [-0.2, -0.15) is 9.97 Å². The topological polar surface area (TPSA) is 146 Å². The van der Waals surface area contributed by atoms with E-state index in [-0.39, 0.29) is 71.7 Å². The summed E-state index contributed by atoms with van der Waals surface area (Å²) in [6, 6.07) is 15.0. The number of ether oxygens (including phenoxy) is 2. The van der Waals surface area contributed by atoms with Gasteiger partial charge in [0.2, 0.25) is 27.6 Å². The minimum absolute atomic E-state index is 0.0281. The van der Waals surface area contributed by atoms with Crippen LogP contribution in [-0.2, 0) is 36.5 Å². The maximum absolute atomic E-state index is 14.9. The summed E-state index contributed by atoms with van der Waals surface area (Å²) < 4.78 is 55.2. The third kappa shape index (κ3) is 5.43. The van der Waals surface area contributed by atoms with Crippen molar-refractivity contribution in [1.29, 1.82) is 0 Å². The zero-order valence-corrected chi connectivity index (χ0v) is 25.8. The Morgan fingerprint density at radius 1 is 1.06 bits per heavy atom. The maximum atomic E-state index is 14.9. The molecule has 2 fully saturated rings. The van der Waals surface area contributed by atoms with E-state index in [0.29, 0.717) is 27.6 Å². The summed E-state index contributed by atoms with van der Waals surface area (Å²) >= 11 is 0. The highest BCUT2D eigenvalue weighted by atomic mass is 32.2. The number of aromatic nitrogens is 4. The van der Waals surface area contributed by atoms with Crippen LogP contribution in [0.25, 0.3) is 21.9 Å². The van der Waals surface area contributed by atoms with Crippen LogP contribution < -0.4 is 15.0 Å². The molecular formula is C33H27FN6O6S. The lowest BCUT2D eigenvalue weighted by Crippen LogP contribution is -2.32. The number of carbonyl (C=O) groups excluding carboxylic acids is 2. The molecule has 7 rings (SSSR count). The fraction of sp³-hybridized carbons (Fsp3) is 0.242. The number of hydrogen-bond acceptors (Lipinski definition) is 10. The number of fused-ring (bicyclic) bond motifs is 3. The van der Waals surface area contributed by atoms with Crippen molar-refractivity contribution in [3.8, 4) is 18.1 Å². The van der Waals surface area contributed by atoms with E-state index in [4.69, 9.17) is 20.9 Å². The molecule has 0 saturated carbocycles. The van der Waals surface area contributed by atoms with Crippen LogP contribution in [0.2, 0.25) is 0 Å². The molecule has 2 saturated heterocycles. The number of imidazole rings is 1. The van der Waals surface area contributed by atoms with Gasteiger partial charge in [0.15, 0.2) is 17.5 Å². The smallest absolute Gasteiger partial charge is 0.232 e. The first-order valence-corrected chi connectivity index (χ1v) is 16.2. The van der Waals surface area contributed by atoms with Crippen LogP contribution >= 0.6 is 0 Å². The standard InChI is InChI=1S/C33H27FN6O6S/c1-3-23-26(34)10-9-20-11-22(46-18-45-2)12-21(27(20)23)13-40-17-35-28-29(40)36-33(39-14-24-25(15-39)31(42)37-30(24)41)38-32(28)47(43,44)16-19-7-5-4-6-8-19/h1,4-12,17,24-25H,13-16,18H2,2H3,(H,37,41,42). The van der Waals surface area contributed by atoms with Crippen molar-refractivity contribution in [2.24, 2.45) is 11.8 Å². The van der Waals surface area contributed by atoms with E-state index >= 15 is 0 Å². The van der Waals surface area contributed by atoms with Crippen molar-refractivity contribution in [2.45, 2.75) is 17.3 Å². The number of hydrogen-bond donors (Lipinski definition) is 1. The van der Waals surface area contributed by atoms with E-state index in [2.05, 4.69) is 21.2 Å². The molecular weight excluding hydrogens is 627 g/mol. The summed E-state index contributed by atoms with van der Waals surface area (Å²) in [7, 11) is -2.58. The monoisotopic (exact) mass is 654 g/mol. The lowest BCUT2D eigenvalue weighted by Gasteiger charge is -2.18. The minimum Gasteiger partial charge on any atom is -0.468 e. The average molecular weight is 655 g/mol. The molecule has 2 amide bonds. The number of rotatable bonds is 9. The molecule has 238 valence electrons. The summed E-state index contributed by atoms with van der Waals surface area (Å²) in [6.07, 6.45) is 7.18. The molecule has 0 bridgehead atoms. The number of nitrogens with zero attached hydrogens (tertiary/aromatic N) is 5. The fourth-order valence-corrected chi connectivity index (χ4v) is 7.63. The number of sulfone groups is 1. The predicted octanol–water partition coefficient (Wildman–Crippen LogP) is 2.81. The Hall–Kier alpha value is -5.39. The highest BCUT2D eigenvalue weighted by Crippen LogP contribution is 2.34. The van der Waals surface area contributed by atoms with Crippen molar-refractivity contribution >= 4 is 49.5 Å². The van der Waals surface area contributed by atoms with Crippen LogP contribution in [0.4, 0.5) is 10.3 Å². The SMILES string of the molecule is C#Cc1c(F)ccc2cc(OCOC)cc(Cn3cnc4c(S(=O)(=O)Cc5ccccc5)nc(N5CC6C(=O)NC(=O)C6C5)nc43)c12. The average Bonchev–Trinajstić information content (AvgIpc) is 3.75. The first-order chi connectivity index (χ1) is 22.7. The summed E-state index contributed by atoms with van der Waals surface area (Å²) in [5, 5.41) is 3.16. The van der Waals surface area contributed by atoms with Gasteiger partial charge in [-0.3, -0.25) is 14.9 Å². The number of anilines is 1. The van der Waals surface area contributed by atoms with Crippen LogP contribution in [0.1, 0.15) is 16.7 Å². The largest absolute Gasteiger partial charge is 0.468 e. The zero-order valence-electron chi connectivity index (χ0n) is 25.0. The molecule has 12 nitrogen and oxygen atoms in total. The molecule has 2 aliphatic rings. The Morgan fingerprint density at radius 2 is 1.81 bits per heavy atom. The van der Waals surface area contributed by atoms with Gasteiger partial charge >= 0.3 is 0 Å². The molecule has 14 heteroatoms. The van der Waals surface area contributed by atoms with Gasteiger partial charge in [0, 0.05) is 25.6 Å². The van der Waals surface area contributed by atoms with Crippen molar-refractivity contribution in [2.75, 3.05) is 31.9 Å². The molecule has 4 heterocycles. The molecule has 2 aliphatic heterocycles. The van der Waals surface area contributed by atoms with E-state index in [1.165, 1.54) is 19.5 Å². The quantitative estimate of drug-likeness (QED) is 0.109. The highest BCUT2D eigenvalue weighted by molar-refractivity contribution is 7.90. The summed E-state index contributed by atoms with van der Waals surface area (Å²) in [5.74, 6) is 0.0466. The Kier molecular flexibility index (Phi) is 7.57. The summed E-state index contributed by atoms with van der Waals surface area (Å²) in [4.78, 5) is 40.1. The molecule has 47 heavy (non-hydrogen) atoms. The molecule has 1 N–H and O–H groups in total. The summed E-state index contributed by atoms with van der Waals surface area (Å²) in [5.41, 5.74) is 1.41. The molecule has 2 unspecified atom stereocenters. The molecule has 0 spiro atoms. The van der Waals surface area contributed by atoms with Gasteiger partial charge < -0.3 is 18.9 Å². The Morgan fingerprint density at radius 3 is 2.51 bits per heavy atom. The van der Waals surface area contributed by atoms with E-state index in [9.17, 15) is 22.4 Å². The van der Waals surface area contributed by atoms with E-state index < -0.39 is 27.5 Å². The van der Waals surface area contributed by atoms with Crippen LogP contribution in [-0.4, -0.2) is 66.7 Å². The number of amides is 2. The Bertz CT molecular complexity index is 2210. The normalized spacial score (nSPS) is 17.7. The lowest BCUT2D eigenvalue weighted by atomic mass is 9.98. The number of nitrogens with one attached hydrogen (secondary N) is 1. The van der Waals surface area contributed by atoms with E-state index in [1.807, 2.05) is 0 Å². The molecule has 0 aliphatic carbocycles. The van der Waals surface area contributed by atoms with E-state index in [0.717, 1.165) is 0 Å². The molecule has 5 aromatic rings. The van der Waals surface area contributed by atoms with Gasteiger partial charge in [0.05, 0.1) is 36.0 Å². The number of carbonyl (C=O) groups is 2. The van der Waals surface area contributed by atoms with Crippen LogP contribution in [0, 0.1) is 30.0 Å². The van der Waals surface area contributed by atoms with Gasteiger partial charge in [-0.1, -0.05) is 42.3 Å². The second-order valence-corrected chi connectivity index (χ2v) is 13.3. The third-order valence-electron chi connectivity index (χ3n) is 8.39. The van der Waals surface area contributed by atoms with Crippen LogP contribution in [0.3, 0.4) is 0 Å². The van der Waals surface area contributed by atoms with Gasteiger partial charge in [-0.25, -0.2) is 17.8 Å². The fourth-order valence-electron chi connectivity index (χ4n) is 6.21. The van der Waals surface area contributed by atoms with Crippen LogP contribution in [0.15, 0.2) is 66.0 Å². The highest BCUT2D eigenvalue weighted by Gasteiger charge is 2.48. The van der Waals surface area contributed by atoms with Gasteiger partial charge in [0.1, 0.15) is 17.1 Å². The number of methoxy groups -OCH3 is 1. The van der Waals surface area contributed by atoms with Crippen molar-refractivity contribution in [1.82, 2.24) is 24.8 Å². The molecule has 2 atom stereocenters. The third-order valence-corrected chi connectivity index (χ3v) is 9.97. The van der Waals surface area contributed by atoms with Crippen molar-refractivity contribution in [3.05, 3.63) is 83.4 Å². The van der Waals surface area contributed by atoms with Gasteiger partial charge in [0.25, 0.3) is 0 Å². The Labute approximate surface area is 268 Å². The van der Waals surface area contributed by atoms with Crippen molar-refractivity contribution in [3.63, 3.8) is 0 Å². The zero-order chi connectivity index (χ0) is 32.9. The van der Waals surface area contributed by atoms with Gasteiger partial charge in [-0.15, -0.1) is 6.42 Å². The molecule has 0 radical (unpaired) electrons. The predicted molar refractivity (Wildman–Crippen MR) is 168 cm³/mol. The van der Waals surface area contributed by atoms with Crippen LogP contribution in [0.5, 0.6) is 5.75 Å². The minimum atomic E-state index is -4.07. The molecule has 3 aromatic carbocycles. The second kappa shape index (κ2) is 11.8. The summed E-state index contributed by atoms with van der Waals surface area (Å²) in [6.45, 7) is 0.290. The number of halogens is 1. The molecule has 2 aromatic heterocycles. The van der Waals surface area contributed by atoms with Gasteiger partial charge in [-0.05, 0) is 34.7 Å². The van der Waals surface area contributed by atoms with E-state index in [1.54, 1.807) is 58.0 Å². The first-order valence-electron chi connectivity index (χ1n) is 14.6. The lowest BCUT2D eigenvalue weighted by molar-refractivity contribution is -0.126. The Balaban J connectivity index is 1.38.